The van der Waals surface area contributed by atoms with Gasteiger partial charge >= 0.3 is 0 Å². The molecular formula is CH4AlCl3. The lowest BCUT2D eigenvalue weighted by Gasteiger charge is -1.69. The van der Waals surface area contributed by atoms with E-state index >= 15 is 0 Å². The molecule has 0 rings (SSSR count). The minimum Gasteiger partial charge on any atom is -0.0874 e. The van der Waals surface area contributed by atoms with Gasteiger partial charge < -0.3 is 0 Å². The summed E-state index contributed by atoms with van der Waals surface area (Å²) < 4.78 is -0.750. The van der Waals surface area contributed by atoms with Crippen LogP contribution in [-0.2, 0) is 0 Å². The van der Waals surface area contributed by atoms with Crippen molar-refractivity contribution in [2.75, 3.05) is 0 Å². The molecular weight excluding hydrogens is 145 g/mol. The molecule has 0 aliphatic carbocycles. The SMILES string of the molecule is ClC(Cl)Cl.[AlH3]. The Balaban J connectivity index is 0. The third kappa shape index (κ3) is 31.8. The molecule has 0 radical (unpaired) electrons. The summed E-state index contributed by atoms with van der Waals surface area (Å²) in [7, 11) is 0. The van der Waals surface area contributed by atoms with Gasteiger partial charge in [-0.05, 0) is 0 Å². The van der Waals surface area contributed by atoms with E-state index in [2.05, 4.69) is 0 Å². The summed E-state index contributed by atoms with van der Waals surface area (Å²) in [5, 5.41) is 0. The van der Waals surface area contributed by atoms with Crippen LogP contribution in [0.1, 0.15) is 0 Å². The molecule has 5 heavy (non-hydrogen) atoms. The fraction of sp³-hybridized carbons (Fsp3) is 1.00. The Hall–Kier alpha value is 1.40. The molecule has 0 aromatic heterocycles. The Labute approximate surface area is 56.5 Å². The van der Waals surface area contributed by atoms with E-state index in [1.807, 2.05) is 0 Å². The lowest BCUT2D eigenvalue weighted by Crippen LogP contribution is -1.55. The normalized spacial score (nSPS) is 7.20. The minimum atomic E-state index is -0.750. The van der Waals surface area contributed by atoms with Crippen LogP contribution in [0.3, 0.4) is 0 Å². The molecule has 0 aromatic carbocycles. The van der Waals surface area contributed by atoms with Crippen molar-refractivity contribution in [2.45, 2.75) is 4.30 Å². The zero-order valence-electron chi connectivity index (χ0n) is 1.71. The van der Waals surface area contributed by atoms with Crippen molar-refractivity contribution in [3.8, 4) is 0 Å². The van der Waals surface area contributed by atoms with E-state index < -0.39 is 4.30 Å². The second-order valence-electron chi connectivity index (χ2n) is 0.247. The van der Waals surface area contributed by atoms with Crippen molar-refractivity contribution in [3.05, 3.63) is 0 Å². The summed E-state index contributed by atoms with van der Waals surface area (Å²) in [6, 6.07) is 0. The first-order valence-electron chi connectivity index (χ1n) is 0.655. The minimum absolute atomic E-state index is 0. The van der Waals surface area contributed by atoms with Crippen molar-refractivity contribution in [1.29, 1.82) is 0 Å². The van der Waals surface area contributed by atoms with Crippen molar-refractivity contribution in [3.63, 3.8) is 0 Å². The molecule has 4 heteroatoms. The first-order chi connectivity index (χ1) is 1.73. The van der Waals surface area contributed by atoms with E-state index in [1.54, 1.807) is 0 Å². The van der Waals surface area contributed by atoms with Gasteiger partial charge in [-0.2, -0.15) is 0 Å². The third-order valence-corrected chi connectivity index (χ3v) is 0. The van der Waals surface area contributed by atoms with E-state index in [4.69, 9.17) is 34.8 Å². The lowest BCUT2D eigenvalue weighted by molar-refractivity contribution is 1.96. The molecule has 0 N–H and O–H groups in total. The van der Waals surface area contributed by atoms with Crippen molar-refractivity contribution >= 4 is 52.2 Å². The number of hydrogen-bond donors (Lipinski definition) is 0. The quantitative estimate of drug-likeness (QED) is 0.353. The van der Waals surface area contributed by atoms with E-state index in [1.165, 1.54) is 0 Å². The fourth-order valence-corrected chi connectivity index (χ4v) is 0. The highest BCUT2D eigenvalue weighted by Gasteiger charge is 1.78. The van der Waals surface area contributed by atoms with E-state index in [0.717, 1.165) is 0 Å². The van der Waals surface area contributed by atoms with Gasteiger partial charge in [-0.1, -0.05) is 34.8 Å². The monoisotopic (exact) mass is 148 g/mol. The summed E-state index contributed by atoms with van der Waals surface area (Å²) in [6.07, 6.45) is 0. The van der Waals surface area contributed by atoms with Gasteiger partial charge in [0.1, 0.15) is 0 Å². The maximum Gasteiger partial charge on any atom is 0.187 e. The molecule has 0 amide bonds. The van der Waals surface area contributed by atoms with Gasteiger partial charge in [-0.25, -0.2) is 0 Å². The lowest BCUT2D eigenvalue weighted by atomic mass is 11.9. The summed E-state index contributed by atoms with van der Waals surface area (Å²) in [4.78, 5) is 0. The van der Waals surface area contributed by atoms with Gasteiger partial charge in [0.05, 0.1) is 0 Å². The summed E-state index contributed by atoms with van der Waals surface area (Å²) in [5.74, 6) is 0. The molecule has 0 atom stereocenters. The standard InChI is InChI=1S/CHCl3.Al.3H/c2-1(3)4;;;;/h1H;;;;. The molecule has 0 aromatic rings. The van der Waals surface area contributed by atoms with Crippen LogP contribution in [0, 0.1) is 0 Å². The Morgan fingerprint density at radius 1 is 1.00 bits per heavy atom. The van der Waals surface area contributed by atoms with Crippen LogP contribution in [0.15, 0.2) is 0 Å². The average molecular weight is 149 g/mol. The van der Waals surface area contributed by atoms with Crippen LogP contribution in [0.2, 0.25) is 0 Å². The summed E-state index contributed by atoms with van der Waals surface area (Å²) >= 11 is 14.4. The second-order valence-corrected chi connectivity index (χ2v) is 2.23. The van der Waals surface area contributed by atoms with Gasteiger partial charge in [-0.3, -0.25) is 0 Å². The molecule has 0 fully saturated rings. The number of rotatable bonds is 0. The van der Waals surface area contributed by atoms with Crippen LogP contribution >= 0.6 is 34.8 Å². The van der Waals surface area contributed by atoms with Gasteiger partial charge in [0.15, 0.2) is 21.7 Å². The first kappa shape index (κ1) is 9.64. The topological polar surface area (TPSA) is 0 Å². The molecule has 0 spiro atoms. The van der Waals surface area contributed by atoms with E-state index in [9.17, 15) is 0 Å². The second kappa shape index (κ2) is 5.40. The van der Waals surface area contributed by atoms with Gasteiger partial charge in [0.25, 0.3) is 0 Å². The highest BCUT2D eigenvalue weighted by molar-refractivity contribution is 6.63. The molecule has 0 heterocycles. The van der Waals surface area contributed by atoms with E-state index in [-0.39, 0.29) is 17.4 Å². The molecule has 32 valence electrons. The van der Waals surface area contributed by atoms with Crippen LogP contribution in [-0.4, -0.2) is 21.7 Å². The summed E-state index contributed by atoms with van der Waals surface area (Å²) in [5.41, 5.74) is 0. The Morgan fingerprint density at radius 2 is 1.00 bits per heavy atom. The highest BCUT2D eigenvalue weighted by Crippen LogP contribution is 2.03. The van der Waals surface area contributed by atoms with Crippen LogP contribution in [0.4, 0.5) is 0 Å². The highest BCUT2D eigenvalue weighted by atomic mass is 35.6. The van der Waals surface area contributed by atoms with Gasteiger partial charge in [0.2, 0.25) is 0 Å². The van der Waals surface area contributed by atoms with Crippen LogP contribution < -0.4 is 0 Å². The van der Waals surface area contributed by atoms with E-state index in [0.29, 0.717) is 0 Å². The number of halogens is 3. The fourth-order valence-electron chi connectivity index (χ4n) is 0. The molecule has 0 aliphatic rings. The molecule has 0 nitrogen and oxygen atoms in total. The zero-order valence-corrected chi connectivity index (χ0v) is 3.98. The number of alkyl halides is 3. The molecule has 0 saturated heterocycles. The third-order valence-electron chi connectivity index (χ3n) is 0. The van der Waals surface area contributed by atoms with Crippen LogP contribution in [0.5, 0.6) is 0 Å². The zero-order chi connectivity index (χ0) is 3.58. The summed E-state index contributed by atoms with van der Waals surface area (Å²) in [6.45, 7) is 0. The maximum atomic E-state index is 4.81. The Bertz CT molecular complexity index is 11.6. The average Bonchev–Trinajstić information content (AvgIpc) is 0.811. The van der Waals surface area contributed by atoms with Crippen molar-refractivity contribution in [1.82, 2.24) is 0 Å². The number of hydrogen-bond acceptors (Lipinski definition) is 0. The molecule has 0 aliphatic heterocycles. The van der Waals surface area contributed by atoms with Crippen LogP contribution in [0.25, 0.3) is 0 Å². The van der Waals surface area contributed by atoms with Gasteiger partial charge in [-0.15, -0.1) is 0 Å². The Morgan fingerprint density at radius 3 is 1.00 bits per heavy atom. The predicted octanol–water partition coefficient (Wildman–Crippen LogP) is 0.802. The first-order valence-corrected chi connectivity index (χ1v) is 1.96. The molecule has 0 saturated carbocycles. The Kier molecular flexibility index (Phi) is 10.4. The molecule has 0 bridgehead atoms. The van der Waals surface area contributed by atoms with Gasteiger partial charge in [0, 0.05) is 0 Å². The van der Waals surface area contributed by atoms with Crippen molar-refractivity contribution < 1.29 is 0 Å². The predicted molar refractivity (Wildman–Crippen MR) is 31.3 cm³/mol. The largest absolute Gasteiger partial charge is 0.187 e. The smallest absolute Gasteiger partial charge is 0.0874 e. The molecule has 0 unspecified atom stereocenters. The van der Waals surface area contributed by atoms with Crippen molar-refractivity contribution in [2.24, 2.45) is 0 Å². The maximum absolute atomic E-state index is 4.81.